The van der Waals surface area contributed by atoms with Crippen molar-refractivity contribution in [3.8, 4) is 0 Å². The van der Waals surface area contributed by atoms with Crippen LogP contribution in [-0.4, -0.2) is 75.4 Å². The van der Waals surface area contributed by atoms with Crippen LogP contribution in [0.1, 0.15) is 64.5 Å². The van der Waals surface area contributed by atoms with Gasteiger partial charge in [-0.2, -0.15) is 0 Å². The summed E-state index contributed by atoms with van der Waals surface area (Å²) >= 11 is 0. The number of nitrogens with zero attached hydrogens (tertiary/aromatic N) is 4. The van der Waals surface area contributed by atoms with Crippen molar-refractivity contribution in [1.29, 1.82) is 16.2 Å². The minimum Gasteiger partial charge on any atom is -0.384 e. The summed E-state index contributed by atoms with van der Waals surface area (Å²) in [5.41, 5.74) is 34.0. The van der Waals surface area contributed by atoms with E-state index in [0.29, 0.717) is 30.5 Å². The molecule has 15 nitrogen and oxygen atoms in total. The van der Waals surface area contributed by atoms with Crippen molar-refractivity contribution in [3.63, 3.8) is 0 Å². The number of nitrogens with one attached hydrogen (secondary N) is 7. The molecule has 304 valence electrons. The lowest BCUT2D eigenvalue weighted by Crippen LogP contribution is -2.13. The number of aromatic amines is 4. The van der Waals surface area contributed by atoms with Gasteiger partial charge < -0.3 is 42.9 Å². The van der Waals surface area contributed by atoms with Gasteiger partial charge >= 0.3 is 0 Å². The van der Waals surface area contributed by atoms with Crippen LogP contribution in [0.2, 0.25) is 0 Å². The van der Waals surface area contributed by atoms with E-state index < -0.39 is 0 Å². The lowest BCUT2D eigenvalue weighted by Gasteiger charge is -2.08. The topological polar surface area (TPSA) is 290 Å². The monoisotopic (exact) mass is 863 g/mol. The van der Waals surface area contributed by atoms with E-state index in [0.717, 1.165) is 108 Å². The van der Waals surface area contributed by atoms with Crippen molar-refractivity contribution in [3.05, 3.63) is 118 Å². The van der Waals surface area contributed by atoms with Gasteiger partial charge in [0, 0.05) is 51.8 Å². The highest BCUT2D eigenvalue weighted by molar-refractivity contribution is 8.76. The molecule has 0 fully saturated rings. The average molecular weight is 864 g/mol. The molecule has 15 N–H and O–H groups in total. The smallest absolute Gasteiger partial charge is 0.123 e. The summed E-state index contributed by atoms with van der Waals surface area (Å²) < 4.78 is 0. The van der Waals surface area contributed by atoms with Gasteiger partial charge in [0.05, 0.1) is 57.0 Å². The molecule has 59 heavy (non-hydrogen) atoms. The Bertz CT molecular complexity index is 2780. The summed E-state index contributed by atoms with van der Waals surface area (Å²) in [5, 5.41) is 23.1. The number of hydrogen-bond acceptors (Lipinski definition) is 12. The van der Waals surface area contributed by atoms with E-state index in [4.69, 9.17) is 44.1 Å². The first kappa shape index (κ1) is 41.7. The van der Waals surface area contributed by atoms with Crippen LogP contribution >= 0.6 is 43.2 Å². The molecule has 4 heterocycles. The first-order valence-electron chi connectivity index (χ1n) is 18.8. The van der Waals surface area contributed by atoms with Gasteiger partial charge in [0.25, 0.3) is 0 Å². The van der Waals surface area contributed by atoms with Crippen LogP contribution in [0.3, 0.4) is 0 Å². The molecule has 0 unspecified atom stereocenters. The Labute approximate surface area is 355 Å². The summed E-state index contributed by atoms with van der Waals surface area (Å²) in [6.45, 7) is 2.87. The summed E-state index contributed by atoms with van der Waals surface area (Å²) in [6, 6.07) is 21.1. The number of fused-ring (bicyclic) bond motifs is 4. The number of H-pyrrole nitrogens is 4. The summed E-state index contributed by atoms with van der Waals surface area (Å²) in [4.78, 5) is 32.1. The molecule has 0 bridgehead atoms. The predicted molar refractivity (Wildman–Crippen MR) is 250 cm³/mol. The Morgan fingerprint density at radius 3 is 1.61 bits per heavy atom. The fourth-order valence-corrected chi connectivity index (χ4v) is 10.5. The predicted octanol–water partition coefficient (Wildman–Crippen LogP) is 7.04. The standard InChI is InChI=1S/C21H24N8S2.C19H21N7S2/c1-2-7-30-31-10-13-12(21(24)25)4-6-15-19(13)29-18(27-15)9-17-26-14-5-3-11(20(22)23)8-16(14)28-17;20-5-6-27-28-10-11-1-3-13-15(7-11)25-17(23-13)9-18-24-14-4-2-12(19(21)22)8-16(14)26-18/h3-6,8H,2,7,9-10H2,1H3,(H3,22,23)(H3,24,25)(H,26,28)(H,27,29);1-4,7-8H,5-6,9-10,20H2,(H3,21,22)(H,23,25)(H,24,26). The highest BCUT2D eigenvalue weighted by Crippen LogP contribution is 2.32. The van der Waals surface area contributed by atoms with Crippen LogP contribution in [0.25, 0.3) is 44.1 Å². The number of rotatable bonds is 17. The molecular formula is C40H45N15S4. The van der Waals surface area contributed by atoms with E-state index in [2.05, 4.69) is 60.0 Å². The molecule has 0 radical (unpaired) electrons. The zero-order valence-corrected chi connectivity index (χ0v) is 35.5. The Morgan fingerprint density at radius 2 is 1.07 bits per heavy atom. The van der Waals surface area contributed by atoms with E-state index in [1.54, 1.807) is 27.7 Å². The minimum atomic E-state index is 0.0270. The lowest BCUT2D eigenvalue weighted by molar-refractivity contribution is 0.959. The number of benzene rings is 4. The second kappa shape index (κ2) is 19.1. The molecule has 0 aliphatic heterocycles. The van der Waals surface area contributed by atoms with E-state index in [1.807, 2.05) is 64.1 Å². The maximum atomic E-state index is 7.95. The van der Waals surface area contributed by atoms with Gasteiger partial charge in [0.2, 0.25) is 0 Å². The van der Waals surface area contributed by atoms with Crippen molar-refractivity contribution in [2.75, 3.05) is 18.1 Å². The van der Waals surface area contributed by atoms with Crippen molar-refractivity contribution in [2.45, 2.75) is 37.7 Å². The molecule has 0 atom stereocenters. The fraction of sp³-hybridized carbons (Fsp3) is 0.225. The average Bonchev–Trinajstić information content (AvgIpc) is 4.01. The zero-order chi connectivity index (χ0) is 41.5. The number of amidine groups is 3. The van der Waals surface area contributed by atoms with Gasteiger partial charge in [-0.25, -0.2) is 19.9 Å². The molecule has 4 aromatic heterocycles. The maximum absolute atomic E-state index is 7.95. The van der Waals surface area contributed by atoms with Crippen molar-refractivity contribution in [2.24, 2.45) is 22.9 Å². The fourth-order valence-electron chi connectivity index (χ4n) is 6.35. The van der Waals surface area contributed by atoms with Crippen LogP contribution in [0.4, 0.5) is 0 Å². The van der Waals surface area contributed by atoms with Crippen molar-refractivity contribution >= 4 is 105 Å². The molecule has 4 aromatic carbocycles. The molecule has 0 spiro atoms. The maximum Gasteiger partial charge on any atom is 0.123 e. The molecule has 0 saturated carbocycles. The Balaban J connectivity index is 0.000000180. The Hall–Kier alpha value is -5.47. The summed E-state index contributed by atoms with van der Waals surface area (Å²) in [6.07, 6.45) is 2.21. The second-order valence-electron chi connectivity index (χ2n) is 13.6. The van der Waals surface area contributed by atoms with E-state index >= 15 is 0 Å². The van der Waals surface area contributed by atoms with Crippen molar-refractivity contribution in [1.82, 2.24) is 39.9 Å². The number of nitrogens with two attached hydrogens (primary N) is 4. The van der Waals surface area contributed by atoms with Crippen LogP contribution in [0.5, 0.6) is 0 Å². The Kier molecular flexibility index (Phi) is 13.5. The van der Waals surface area contributed by atoms with Gasteiger partial charge in [0.15, 0.2) is 0 Å². The normalized spacial score (nSPS) is 11.4. The number of hydrogen-bond donors (Lipinski definition) is 11. The number of aromatic nitrogens is 8. The van der Waals surface area contributed by atoms with E-state index in [-0.39, 0.29) is 17.5 Å². The summed E-state index contributed by atoms with van der Waals surface area (Å²) in [7, 11) is 7.20. The van der Waals surface area contributed by atoms with Gasteiger partial charge in [-0.15, -0.1) is 0 Å². The second-order valence-corrected chi connectivity index (χ2v) is 18.8. The van der Waals surface area contributed by atoms with Gasteiger partial charge in [-0.05, 0) is 72.6 Å². The van der Waals surface area contributed by atoms with Crippen LogP contribution < -0.4 is 22.9 Å². The molecule has 8 aromatic rings. The number of imidazole rings is 4. The van der Waals surface area contributed by atoms with Crippen LogP contribution in [0, 0.1) is 16.2 Å². The first-order valence-corrected chi connectivity index (χ1v) is 23.7. The third-order valence-electron chi connectivity index (χ3n) is 9.13. The molecule has 0 aliphatic carbocycles. The highest BCUT2D eigenvalue weighted by Gasteiger charge is 2.16. The van der Waals surface area contributed by atoms with Gasteiger partial charge in [-0.3, -0.25) is 16.2 Å². The zero-order valence-electron chi connectivity index (χ0n) is 32.2. The minimum absolute atomic E-state index is 0.0270. The van der Waals surface area contributed by atoms with Crippen LogP contribution in [0.15, 0.2) is 66.7 Å². The molecular weight excluding hydrogens is 819 g/mol. The molecule has 0 aliphatic rings. The lowest BCUT2D eigenvalue weighted by atomic mass is 10.1. The summed E-state index contributed by atoms with van der Waals surface area (Å²) in [5.74, 6) is 7.10. The first-order chi connectivity index (χ1) is 28.6. The SMILES string of the molecule is CCCSSCc1c(C(=N)N)ccc2[nH]c(Cc3nc4ccc(C(=N)N)cc4[nH]3)nc12.N=C(N)c1ccc2nc(Cc3nc4ccc(CSSCCN)cc4[nH]3)[nH]c2c1. The molecule has 0 amide bonds. The van der Waals surface area contributed by atoms with Gasteiger partial charge in [0.1, 0.15) is 40.8 Å². The third kappa shape index (κ3) is 10.2. The molecule has 0 saturated heterocycles. The van der Waals surface area contributed by atoms with E-state index in [1.165, 1.54) is 5.56 Å². The highest BCUT2D eigenvalue weighted by atomic mass is 33.1. The van der Waals surface area contributed by atoms with E-state index in [9.17, 15) is 0 Å². The molecule has 8 rings (SSSR count). The largest absolute Gasteiger partial charge is 0.384 e. The Morgan fingerprint density at radius 1 is 0.559 bits per heavy atom. The van der Waals surface area contributed by atoms with Crippen LogP contribution in [-0.2, 0) is 24.3 Å². The molecule has 19 heteroatoms. The quantitative estimate of drug-likeness (QED) is 0.0190. The third-order valence-corrected chi connectivity index (χ3v) is 14.0. The van der Waals surface area contributed by atoms with Gasteiger partial charge in [-0.1, -0.05) is 56.2 Å². The van der Waals surface area contributed by atoms with Crippen molar-refractivity contribution < 1.29 is 0 Å². The number of nitrogen functional groups attached to an aromatic ring is 3.